The Hall–Kier alpha value is -1.78. The Balaban J connectivity index is 2.82. The molecule has 5 N–H and O–H groups in total. The summed E-state index contributed by atoms with van der Waals surface area (Å²) in [5, 5.41) is 2.66. The quantitative estimate of drug-likeness (QED) is 0.460. The number of amides is 2. The third-order valence-electron chi connectivity index (χ3n) is 1.48. The number of primary amides is 2. The fourth-order valence-corrected chi connectivity index (χ4v) is 0.853. The van der Waals surface area contributed by atoms with Gasteiger partial charge in [0.1, 0.15) is 6.04 Å². The van der Waals surface area contributed by atoms with Crippen molar-refractivity contribution in [2.45, 2.75) is 6.04 Å². The first kappa shape index (κ1) is 8.32. The number of rotatable bonds is 2. The van der Waals surface area contributed by atoms with Crippen LogP contribution >= 0.6 is 0 Å². The maximum atomic E-state index is 10.7. The average molecular weight is 167 g/mol. The molecule has 1 rings (SSSR count). The number of nitrogens with two attached hydrogens (primary N) is 2. The van der Waals surface area contributed by atoms with Crippen LogP contribution in [0.5, 0.6) is 0 Å². The predicted octanol–water partition coefficient (Wildman–Crippen LogP) is -1.63. The van der Waals surface area contributed by atoms with Gasteiger partial charge in [0.25, 0.3) is 0 Å². The van der Waals surface area contributed by atoms with Crippen molar-refractivity contribution in [1.82, 2.24) is 5.32 Å². The lowest BCUT2D eigenvalue weighted by atomic mass is 10.1. The monoisotopic (exact) mass is 167 g/mol. The summed E-state index contributed by atoms with van der Waals surface area (Å²) in [6.45, 7) is 0. The highest BCUT2D eigenvalue weighted by molar-refractivity contribution is 5.96. The Bertz CT molecular complexity index is 280. The van der Waals surface area contributed by atoms with Crippen molar-refractivity contribution in [2.24, 2.45) is 11.5 Å². The molecule has 0 bridgehead atoms. The van der Waals surface area contributed by atoms with E-state index in [1.54, 1.807) is 0 Å². The molecule has 0 saturated carbocycles. The Morgan fingerprint density at radius 1 is 1.42 bits per heavy atom. The summed E-state index contributed by atoms with van der Waals surface area (Å²) >= 11 is 0. The minimum Gasteiger partial charge on any atom is -0.377 e. The van der Waals surface area contributed by atoms with Crippen LogP contribution in [-0.2, 0) is 9.59 Å². The van der Waals surface area contributed by atoms with E-state index in [4.69, 9.17) is 11.5 Å². The van der Waals surface area contributed by atoms with Gasteiger partial charge >= 0.3 is 0 Å². The molecule has 12 heavy (non-hydrogen) atoms. The van der Waals surface area contributed by atoms with Crippen LogP contribution in [0.3, 0.4) is 0 Å². The summed E-state index contributed by atoms with van der Waals surface area (Å²) in [5.41, 5.74) is 10.3. The maximum Gasteiger partial charge on any atom is 0.248 e. The zero-order valence-electron chi connectivity index (χ0n) is 6.28. The summed E-state index contributed by atoms with van der Waals surface area (Å²) in [4.78, 5) is 21.3. The fraction of sp³-hybridized carbons (Fsp3) is 0.143. The van der Waals surface area contributed by atoms with E-state index in [9.17, 15) is 9.59 Å². The van der Waals surface area contributed by atoms with Gasteiger partial charge in [0, 0.05) is 5.57 Å². The van der Waals surface area contributed by atoms with Gasteiger partial charge in [-0.25, -0.2) is 0 Å². The van der Waals surface area contributed by atoms with Gasteiger partial charge in [0.15, 0.2) is 0 Å². The number of dihydropyridines is 1. The number of nitrogens with one attached hydrogen (secondary N) is 1. The Labute approximate surface area is 69.1 Å². The minimum atomic E-state index is -0.641. The normalized spacial score (nSPS) is 21.0. The Morgan fingerprint density at radius 2 is 2.08 bits per heavy atom. The van der Waals surface area contributed by atoms with Gasteiger partial charge in [-0.2, -0.15) is 0 Å². The third kappa shape index (κ3) is 1.63. The SMILES string of the molecule is NC(=O)C1=CC(C(N)=O)NC=C1. The molecule has 0 aromatic rings. The second-order valence-corrected chi connectivity index (χ2v) is 2.37. The molecule has 0 aromatic carbocycles. The van der Waals surface area contributed by atoms with Crippen LogP contribution in [0.4, 0.5) is 0 Å². The lowest BCUT2D eigenvalue weighted by Crippen LogP contribution is -2.39. The van der Waals surface area contributed by atoms with E-state index in [0.717, 1.165) is 0 Å². The molecule has 0 saturated heterocycles. The van der Waals surface area contributed by atoms with E-state index in [0.29, 0.717) is 0 Å². The summed E-state index contributed by atoms with van der Waals surface area (Å²) in [6.07, 6.45) is 4.35. The van der Waals surface area contributed by atoms with Gasteiger partial charge in [-0.15, -0.1) is 0 Å². The highest BCUT2D eigenvalue weighted by Crippen LogP contribution is 2.03. The van der Waals surface area contributed by atoms with E-state index < -0.39 is 17.9 Å². The van der Waals surface area contributed by atoms with Crippen LogP contribution in [-0.4, -0.2) is 17.9 Å². The Morgan fingerprint density at radius 3 is 2.58 bits per heavy atom. The Kier molecular flexibility index (Phi) is 2.14. The van der Waals surface area contributed by atoms with Crippen molar-refractivity contribution in [2.75, 3.05) is 0 Å². The summed E-state index contributed by atoms with van der Waals surface area (Å²) < 4.78 is 0. The van der Waals surface area contributed by atoms with Crippen LogP contribution in [0, 0.1) is 0 Å². The third-order valence-corrected chi connectivity index (χ3v) is 1.48. The minimum absolute atomic E-state index is 0.289. The van der Waals surface area contributed by atoms with E-state index in [-0.39, 0.29) is 5.57 Å². The zero-order chi connectivity index (χ0) is 9.14. The number of carbonyl (C=O) groups is 2. The molecule has 1 heterocycles. The largest absolute Gasteiger partial charge is 0.377 e. The average Bonchev–Trinajstić information content (AvgIpc) is 2.04. The summed E-state index contributed by atoms with van der Waals surface area (Å²) in [6, 6.07) is -0.641. The lowest BCUT2D eigenvalue weighted by molar-refractivity contribution is -0.118. The first-order chi connectivity index (χ1) is 5.61. The molecule has 0 fully saturated rings. The molecule has 1 atom stereocenters. The van der Waals surface area contributed by atoms with Crippen LogP contribution in [0.2, 0.25) is 0 Å². The van der Waals surface area contributed by atoms with E-state index in [1.165, 1.54) is 18.4 Å². The molecule has 1 aliphatic heterocycles. The van der Waals surface area contributed by atoms with Crippen molar-refractivity contribution in [3.8, 4) is 0 Å². The molecule has 1 aliphatic rings. The molecule has 0 spiro atoms. The molecule has 5 heteroatoms. The van der Waals surface area contributed by atoms with Crippen LogP contribution in [0.25, 0.3) is 0 Å². The van der Waals surface area contributed by atoms with Gasteiger partial charge in [-0.3, -0.25) is 9.59 Å². The van der Waals surface area contributed by atoms with E-state index in [2.05, 4.69) is 5.32 Å². The van der Waals surface area contributed by atoms with Crippen LogP contribution < -0.4 is 16.8 Å². The van der Waals surface area contributed by atoms with Gasteiger partial charge in [0.2, 0.25) is 11.8 Å². The first-order valence-corrected chi connectivity index (χ1v) is 3.35. The van der Waals surface area contributed by atoms with E-state index in [1.807, 2.05) is 0 Å². The molecule has 1 unspecified atom stereocenters. The second kappa shape index (κ2) is 3.08. The molecule has 2 amide bonds. The van der Waals surface area contributed by atoms with Gasteiger partial charge in [-0.1, -0.05) is 0 Å². The highest BCUT2D eigenvalue weighted by Gasteiger charge is 2.15. The van der Waals surface area contributed by atoms with Gasteiger partial charge in [0.05, 0.1) is 0 Å². The zero-order valence-corrected chi connectivity index (χ0v) is 6.28. The smallest absolute Gasteiger partial charge is 0.248 e. The fourth-order valence-electron chi connectivity index (χ4n) is 0.853. The molecule has 64 valence electrons. The molecular weight excluding hydrogens is 158 g/mol. The standard InChI is InChI=1S/C7H9N3O2/c8-6(11)4-1-2-10-5(3-4)7(9)12/h1-3,5,10H,(H2,8,11)(H2,9,12). The molecule has 0 aliphatic carbocycles. The van der Waals surface area contributed by atoms with Crippen molar-refractivity contribution in [3.05, 3.63) is 23.9 Å². The highest BCUT2D eigenvalue weighted by atomic mass is 16.1. The first-order valence-electron chi connectivity index (χ1n) is 3.35. The lowest BCUT2D eigenvalue weighted by Gasteiger charge is -2.13. The maximum absolute atomic E-state index is 10.7. The van der Waals surface area contributed by atoms with Crippen LogP contribution in [0.1, 0.15) is 0 Å². The van der Waals surface area contributed by atoms with Crippen molar-refractivity contribution in [3.63, 3.8) is 0 Å². The molecule has 0 radical (unpaired) electrons. The topological polar surface area (TPSA) is 98.2 Å². The molecule has 5 nitrogen and oxygen atoms in total. The number of hydrogen-bond donors (Lipinski definition) is 3. The van der Waals surface area contributed by atoms with Crippen molar-refractivity contribution >= 4 is 11.8 Å². The van der Waals surface area contributed by atoms with Gasteiger partial charge < -0.3 is 16.8 Å². The van der Waals surface area contributed by atoms with Crippen molar-refractivity contribution in [1.29, 1.82) is 0 Å². The predicted molar refractivity (Wildman–Crippen MR) is 42.5 cm³/mol. The summed E-state index contributed by atoms with van der Waals surface area (Å²) in [7, 11) is 0. The summed E-state index contributed by atoms with van der Waals surface area (Å²) in [5.74, 6) is -1.11. The second-order valence-electron chi connectivity index (χ2n) is 2.37. The number of carbonyl (C=O) groups excluding carboxylic acids is 2. The number of hydrogen-bond acceptors (Lipinski definition) is 3. The molecule has 0 aromatic heterocycles. The van der Waals surface area contributed by atoms with Gasteiger partial charge in [-0.05, 0) is 18.4 Å². The van der Waals surface area contributed by atoms with Crippen molar-refractivity contribution < 1.29 is 9.59 Å². The molecular formula is C7H9N3O2. The van der Waals surface area contributed by atoms with E-state index >= 15 is 0 Å². The van der Waals surface area contributed by atoms with Crippen LogP contribution in [0.15, 0.2) is 23.9 Å².